The minimum absolute atomic E-state index is 0.0740. The number of amides is 1. The summed E-state index contributed by atoms with van der Waals surface area (Å²) in [5.74, 6) is 0.0740. The van der Waals surface area contributed by atoms with Crippen molar-refractivity contribution in [3.05, 3.63) is 59.4 Å². The second kappa shape index (κ2) is 9.51. The van der Waals surface area contributed by atoms with Gasteiger partial charge in [0.25, 0.3) is 0 Å². The molecule has 0 unspecified atom stereocenters. The minimum Gasteiger partial charge on any atom is -0.369 e. The van der Waals surface area contributed by atoms with Crippen LogP contribution in [-0.4, -0.2) is 55.1 Å². The highest BCUT2D eigenvalue weighted by molar-refractivity contribution is 5.78. The van der Waals surface area contributed by atoms with Gasteiger partial charge < -0.3 is 10.2 Å². The normalized spacial score (nSPS) is 15.0. The monoisotopic (exact) mass is 366 g/mol. The van der Waals surface area contributed by atoms with E-state index in [1.54, 1.807) is 6.20 Å². The summed E-state index contributed by atoms with van der Waals surface area (Å²) in [5, 5.41) is 3.02. The van der Waals surface area contributed by atoms with Crippen LogP contribution in [0.3, 0.4) is 0 Å². The lowest BCUT2D eigenvalue weighted by atomic mass is 10.2. The first-order valence-electron chi connectivity index (χ1n) is 9.82. The lowest BCUT2D eigenvalue weighted by Crippen LogP contribution is -2.47. The molecule has 0 radical (unpaired) electrons. The van der Waals surface area contributed by atoms with Crippen LogP contribution >= 0.6 is 0 Å². The number of hydrogen-bond donors (Lipinski definition) is 1. The van der Waals surface area contributed by atoms with Crippen molar-refractivity contribution in [1.82, 2.24) is 15.2 Å². The Balaban J connectivity index is 1.31. The molecule has 2 heterocycles. The number of piperazine rings is 1. The zero-order valence-corrected chi connectivity index (χ0v) is 16.4. The van der Waals surface area contributed by atoms with E-state index < -0.39 is 0 Å². The number of carbonyl (C=O) groups is 1. The zero-order valence-electron chi connectivity index (χ0n) is 16.4. The van der Waals surface area contributed by atoms with Gasteiger partial charge in [0.15, 0.2) is 0 Å². The summed E-state index contributed by atoms with van der Waals surface area (Å²) >= 11 is 0. The van der Waals surface area contributed by atoms with Gasteiger partial charge >= 0.3 is 0 Å². The molecule has 1 fully saturated rings. The summed E-state index contributed by atoms with van der Waals surface area (Å²) in [7, 11) is 0. The Bertz CT molecular complexity index is 736. The van der Waals surface area contributed by atoms with Crippen molar-refractivity contribution >= 4 is 11.6 Å². The summed E-state index contributed by atoms with van der Waals surface area (Å²) in [6.45, 7) is 10.2. The van der Waals surface area contributed by atoms with Gasteiger partial charge in [-0.05, 0) is 56.1 Å². The van der Waals surface area contributed by atoms with Crippen molar-refractivity contribution in [2.45, 2.75) is 26.7 Å². The van der Waals surface area contributed by atoms with Crippen LogP contribution < -0.4 is 10.2 Å². The molecule has 1 aromatic carbocycles. The first-order valence-corrected chi connectivity index (χ1v) is 9.82. The topological polar surface area (TPSA) is 48.5 Å². The van der Waals surface area contributed by atoms with Gasteiger partial charge in [-0.3, -0.25) is 14.7 Å². The number of hydrogen-bond acceptors (Lipinski definition) is 4. The summed E-state index contributed by atoms with van der Waals surface area (Å²) < 4.78 is 0. The number of rotatable bonds is 7. The van der Waals surface area contributed by atoms with Crippen molar-refractivity contribution in [3.8, 4) is 0 Å². The predicted molar refractivity (Wildman–Crippen MR) is 110 cm³/mol. The summed E-state index contributed by atoms with van der Waals surface area (Å²) in [6.07, 6.45) is 3.17. The Labute approximate surface area is 162 Å². The van der Waals surface area contributed by atoms with Gasteiger partial charge in [-0.1, -0.05) is 18.2 Å². The molecule has 5 heteroatoms. The van der Waals surface area contributed by atoms with E-state index in [0.29, 0.717) is 6.42 Å². The molecule has 27 heavy (non-hydrogen) atoms. The fourth-order valence-corrected chi connectivity index (χ4v) is 3.44. The highest BCUT2D eigenvalue weighted by atomic mass is 16.1. The number of carbonyl (C=O) groups excluding carboxylic acids is 1. The molecule has 5 nitrogen and oxygen atoms in total. The molecule has 1 aliphatic heterocycles. The largest absolute Gasteiger partial charge is 0.369 e. The van der Waals surface area contributed by atoms with Gasteiger partial charge in [0, 0.05) is 50.3 Å². The lowest BCUT2D eigenvalue weighted by Gasteiger charge is -2.36. The molecule has 0 saturated carbocycles. The molecular weight excluding hydrogens is 336 g/mol. The van der Waals surface area contributed by atoms with Crippen LogP contribution in [0.5, 0.6) is 0 Å². The number of nitrogens with zero attached hydrogens (tertiary/aromatic N) is 3. The van der Waals surface area contributed by atoms with Crippen molar-refractivity contribution in [2.24, 2.45) is 0 Å². The maximum atomic E-state index is 12.0. The minimum atomic E-state index is 0.0740. The third kappa shape index (κ3) is 6.07. The predicted octanol–water partition coefficient (Wildman–Crippen LogP) is 2.57. The summed E-state index contributed by atoms with van der Waals surface area (Å²) in [6, 6.07) is 12.6. The van der Waals surface area contributed by atoms with E-state index in [0.717, 1.165) is 56.9 Å². The van der Waals surface area contributed by atoms with E-state index in [1.165, 1.54) is 11.3 Å². The van der Waals surface area contributed by atoms with E-state index in [2.05, 4.69) is 51.3 Å². The van der Waals surface area contributed by atoms with Crippen molar-refractivity contribution < 1.29 is 4.79 Å². The third-order valence-electron chi connectivity index (χ3n) is 5.05. The molecule has 1 aliphatic rings. The summed E-state index contributed by atoms with van der Waals surface area (Å²) in [5.41, 5.74) is 4.58. The number of aryl methyl sites for hydroxylation is 2. The van der Waals surface area contributed by atoms with Crippen LogP contribution in [0.15, 0.2) is 42.6 Å². The second-order valence-electron chi connectivity index (χ2n) is 7.36. The average molecular weight is 367 g/mol. The smallest absolute Gasteiger partial charge is 0.224 e. The highest BCUT2D eigenvalue weighted by Crippen LogP contribution is 2.17. The van der Waals surface area contributed by atoms with Gasteiger partial charge in [0.1, 0.15) is 0 Å². The van der Waals surface area contributed by atoms with Crippen molar-refractivity contribution in [3.63, 3.8) is 0 Å². The van der Waals surface area contributed by atoms with Crippen LogP contribution in [0.2, 0.25) is 0 Å². The fraction of sp³-hybridized carbons (Fsp3) is 0.455. The Morgan fingerprint density at radius 1 is 1.11 bits per heavy atom. The number of nitrogens with one attached hydrogen (secondary N) is 1. The van der Waals surface area contributed by atoms with Gasteiger partial charge in [-0.15, -0.1) is 0 Å². The first kappa shape index (κ1) is 19.4. The Morgan fingerprint density at radius 3 is 2.63 bits per heavy atom. The quantitative estimate of drug-likeness (QED) is 0.765. The fourth-order valence-electron chi connectivity index (χ4n) is 3.44. The average Bonchev–Trinajstić information content (AvgIpc) is 2.68. The number of benzene rings is 1. The third-order valence-corrected chi connectivity index (χ3v) is 5.05. The maximum absolute atomic E-state index is 12.0. The Kier molecular flexibility index (Phi) is 6.82. The number of anilines is 1. The molecule has 3 rings (SSSR count). The molecule has 144 valence electrons. The van der Waals surface area contributed by atoms with E-state index in [9.17, 15) is 4.79 Å². The zero-order chi connectivity index (χ0) is 19.1. The van der Waals surface area contributed by atoms with Crippen LogP contribution in [0.1, 0.15) is 23.2 Å². The summed E-state index contributed by atoms with van der Waals surface area (Å²) in [4.78, 5) is 21.2. The molecule has 1 aromatic heterocycles. The molecule has 1 amide bonds. The Hall–Kier alpha value is -2.40. The van der Waals surface area contributed by atoms with Gasteiger partial charge in [0.2, 0.25) is 5.91 Å². The van der Waals surface area contributed by atoms with Crippen LogP contribution in [0.4, 0.5) is 5.69 Å². The van der Waals surface area contributed by atoms with E-state index >= 15 is 0 Å². The molecule has 0 aliphatic carbocycles. The Morgan fingerprint density at radius 2 is 1.93 bits per heavy atom. The highest BCUT2D eigenvalue weighted by Gasteiger charge is 2.16. The molecule has 0 spiro atoms. The van der Waals surface area contributed by atoms with Crippen LogP contribution in [0.25, 0.3) is 0 Å². The molecule has 0 atom stereocenters. The van der Waals surface area contributed by atoms with E-state index in [-0.39, 0.29) is 5.91 Å². The molecule has 1 N–H and O–H groups in total. The van der Waals surface area contributed by atoms with Crippen LogP contribution in [-0.2, 0) is 11.2 Å². The number of aromatic nitrogens is 1. The van der Waals surface area contributed by atoms with Gasteiger partial charge in [-0.25, -0.2) is 0 Å². The molecule has 2 aromatic rings. The van der Waals surface area contributed by atoms with Crippen LogP contribution in [0, 0.1) is 13.8 Å². The first-order chi connectivity index (χ1) is 13.1. The molecule has 1 saturated heterocycles. The second-order valence-corrected chi connectivity index (χ2v) is 7.36. The van der Waals surface area contributed by atoms with Crippen molar-refractivity contribution in [1.29, 1.82) is 0 Å². The van der Waals surface area contributed by atoms with Gasteiger partial charge in [-0.2, -0.15) is 0 Å². The standard InChI is InChI=1S/C22H30N4O/c1-18-5-3-6-21(15-18)26-13-11-25(12-14-26)10-4-9-23-22(27)16-20-8-7-19(2)24-17-20/h3,5-8,15,17H,4,9-14,16H2,1-2H3,(H,23,27). The number of pyridine rings is 1. The molecule has 0 bridgehead atoms. The van der Waals surface area contributed by atoms with Gasteiger partial charge in [0.05, 0.1) is 6.42 Å². The lowest BCUT2D eigenvalue weighted by molar-refractivity contribution is -0.120. The van der Waals surface area contributed by atoms with E-state index in [4.69, 9.17) is 0 Å². The maximum Gasteiger partial charge on any atom is 0.224 e. The van der Waals surface area contributed by atoms with E-state index in [1.807, 2.05) is 19.1 Å². The van der Waals surface area contributed by atoms with Crippen molar-refractivity contribution in [2.75, 3.05) is 44.2 Å². The molecular formula is C22H30N4O. The SMILES string of the molecule is Cc1cccc(N2CCN(CCCNC(=O)Cc3ccc(C)nc3)CC2)c1.